The highest BCUT2D eigenvalue weighted by atomic mass is 16.2. The largest absolute Gasteiger partial charge is 0.367 e. The summed E-state index contributed by atoms with van der Waals surface area (Å²) in [6.07, 6.45) is 3.81. The van der Waals surface area contributed by atoms with E-state index in [1.54, 1.807) is 0 Å². The average molecular weight is 445 g/mol. The Balaban J connectivity index is 1.25. The van der Waals surface area contributed by atoms with Crippen LogP contribution < -0.4 is 10.6 Å². The van der Waals surface area contributed by atoms with Crippen molar-refractivity contribution >= 4 is 34.3 Å². The second-order valence-electron chi connectivity index (χ2n) is 9.26. The highest BCUT2D eigenvalue weighted by molar-refractivity contribution is 5.85. The molecule has 9 nitrogen and oxygen atoms in total. The van der Waals surface area contributed by atoms with Gasteiger partial charge >= 0.3 is 0 Å². The van der Waals surface area contributed by atoms with E-state index in [0.29, 0.717) is 23.8 Å². The minimum Gasteiger partial charge on any atom is -0.367 e. The SMILES string of the molecule is Cc1cnc(Nc2ccc3c(C)n(C)nc3c2)nc1NC1CC2CN(C(=O)CC#N)CC2C1. The van der Waals surface area contributed by atoms with Gasteiger partial charge in [0.2, 0.25) is 11.9 Å². The van der Waals surface area contributed by atoms with Gasteiger partial charge in [-0.15, -0.1) is 0 Å². The third-order valence-corrected chi connectivity index (χ3v) is 7.03. The molecular formula is C24H28N8O. The average Bonchev–Trinajstić information content (AvgIpc) is 3.42. The van der Waals surface area contributed by atoms with Crippen molar-refractivity contribution in [1.29, 1.82) is 5.26 Å². The van der Waals surface area contributed by atoms with Gasteiger partial charge in [0.05, 0.1) is 11.6 Å². The van der Waals surface area contributed by atoms with Gasteiger partial charge in [0.25, 0.3) is 0 Å². The maximum absolute atomic E-state index is 12.0. The lowest BCUT2D eigenvalue weighted by atomic mass is 10.0. The minimum absolute atomic E-state index is 0.0239. The van der Waals surface area contributed by atoms with E-state index in [9.17, 15) is 4.79 Å². The summed E-state index contributed by atoms with van der Waals surface area (Å²) in [4.78, 5) is 23.1. The molecule has 1 saturated carbocycles. The first-order chi connectivity index (χ1) is 15.9. The Hall–Kier alpha value is -3.67. The van der Waals surface area contributed by atoms with Crippen LogP contribution in [0.4, 0.5) is 17.5 Å². The Labute approximate surface area is 192 Å². The number of hydrogen-bond donors (Lipinski definition) is 2. The predicted octanol–water partition coefficient (Wildman–Crippen LogP) is 3.29. The van der Waals surface area contributed by atoms with Crippen LogP contribution in [0.1, 0.15) is 30.5 Å². The van der Waals surface area contributed by atoms with Gasteiger partial charge in [-0.25, -0.2) is 4.98 Å². The lowest BCUT2D eigenvalue weighted by Gasteiger charge is -2.20. The second kappa shape index (κ2) is 8.35. The lowest BCUT2D eigenvalue weighted by molar-refractivity contribution is -0.129. The van der Waals surface area contributed by atoms with Crippen LogP contribution >= 0.6 is 0 Å². The second-order valence-corrected chi connectivity index (χ2v) is 9.26. The Bertz CT molecular complexity index is 1250. The summed E-state index contributed by atoms with van der Waals surface area (Å²) < 4.78 is 1.88. The third kappa shape index (κ3) is 4.09. The van der Waals surface area contributed by atoms with Crippen LogP contribution in [0.25, 0.3) is 10.9 Å². The fourth-order valence-electron chi connectivity index (χ4n) is 5.18. The summed E-state index contributed by atoms with van der Waals surface area (Å²) in [7, 11) is 1.95. The zero-order valence-corrected chi connectivity index (χ0v) is 19.2. The van der Waals surface area contributed by atoms with Gasteiger partial charge < -0.3 is 15.5 Å². The van der Waals surface area contributed by atoms with E-state index < -0.39 is 0 Å². The number of hydrogen-bond acceptors (Lipinski definition) is 7. The van der Waals surface area contributed by atoms with Gasteiger partial charge in [-0.05, 0) is 56.7 Å². The number of nitriles is 1. The van der Waals surface area contributed by atoms with E-state index in [4.69, 9.17) is 10.2 Å². The molecule has 33 heavy (non-hydrogen) atoms. The molecule has 170 valence electrons. The van der Waals surface area contributed by atoms with Crippen LogP contribution in [0, 0.1) is 37.0 Å². The summed E-state index contributed by atoms with van der Waals surface area (Å²) in [5.74, 6) is 2.31. The Kier molecular flexibility index (Phi) is 5.36. The number of nitrogens with one attached hydrogen (secondary N) is 2. The molecule has 2 fully saturated rings. The molecular weight excluding hydrogens is 416 g/mol. The number of fused-ring (bicyclic) bond motifs is 2. The molecule has 0 radical (unpaired) electrons. The quantitative estimate of drug-likeness (QED) is 0.621. The highest BCUT2D eigenvalue weighted by Gasteiger charge is 2.42. The summed E-state index contributed by atoms with van der Waals surface area (Å²) in [5.41, 5.74) is 3.96. The molecule has 3 aromatic rings. The Morgan fingerprint density at radius 1 is 1.24 bits per heavy atom. The van der Waals surface area contributed by atoms with Crippen molar-refractivity contribution in [1.82, 2.24) is 24.6 Å². The van der Waals surface area contributed by atoms with E-state index in [0.717, 1.165) is 59.6 Å². The van der Waals surface area contributed by atoms with Crippen LogP contribution in [0.5, 0.6) is 0 Å². The van der Waals surface area contributed by atoms with Crippen LogP contribution in [0.15, 0.2) is 24.4 Å². The van der Waals surface area contributed by atoms with Gasteiger partial charge in [-0.1, -0.05) is 0 Å². The zero-order valence-electron chi connectivity index (χ0n) is 19.2. The molecule has 9 heteroatoms. The van der Waals surface area contributed by atoms with E-state index in [2.05, 4.69) is 33.7 Å². The summed E-state index contributed by atoms with van der Waals surface area (Å²) in [5, 5.41) is 21.4. The Morgan fingerprint density at radius 3 is 2.73 bits per heavy atom. The highest BCUT2D eigenvalue weighted by Crippen LogP contribution is 2.39. The van der Waals surface area contributed by atoms with E-state index in [1.165, 1.54) is 0 Å². The fourth-order valence-corrected chi connectivity index (χ4v) is 5.18. The van der Waals surface area contributed by atoms with Crippen molar-refractivity contribution in [2.24, 2.45) is 18.9 Å². The molecule has 1 aromatic carbocycles. The van der Waals surface area contributed by atoms with Crippen molar-refractivity contribution in [3.63, 3.8) is 0 Å². The van der Waals surface area contributed by atoms with Crippen LogP contribution in [0.3, 0.4) is 0 Å². The first-order valence-electron chi connectivity index (χ1n) is 11.4. The molecule has 2 aliphatic rings. The normalized spacial score (nSPS) is 21.8. The van der Waals surface area contributed by atoms with Gasteiger partial charge in [-0.3, -0.25) is 9.48 Å². The van der Waals surface area contributed by atoms with Gasteiger partial charge in [0, 0.05) is 54.7 Å². The predicted molar refractivity (Wildman–Crippen MR) is 126 cm³/mol. The number of rotatable bonds is 5. The van der Waals surface area contributed by atoms with Crippen LogP contribution in [-0.2, 0) is 11.8 Å². The monoisotopic (exact) mass is 444 g/mol. The number of nitrogens with zero attached hydrogens (tertiary/aromatic N) is 6. The number of aromatic nitrogens is 4. The van der Waals surface area contributed by atoms with Crippen molar-refractivity contribution in [2.75, 3.05) is 23.7 Å². The summed E-state index contributed by atoms with van der Waals surface area (Å²) in [6, 6.07) is 8.38. The standard InChI is InChI=1S/C24H28N8O/c1-14-11-26-24(28-18-4-5-20-15(2)31(3)30-21(20)10-18)29-23(14)27-19-8-16-12-32(13-17(16)9-19)22(33)6-7-25/h4-5,10-11,16-17,19H,6,8-9,12-13H2,1-3H3,(H2,26,27,28,29). The molecule has 3 heterocycles. The maximum Gasteiger partial charge on any atom is 0.236 e. The van der Waals surface area contributed by atoms with E-state index >= 15 is 0 Å². The topological polar surface area (TPSA) is 112 Å². The van der Waals surface area contributed by atoms with Crippen molar-refractivity contribution in [3.05, 3.63) is 35.7 Å². The van der Waals surface area contributed by atoms with Crippen LogP contribution in [-0.4, -0.2) is 49.7 Å². The number of likely N-dealkylation sites (tertiary alicyclic amines) is 1. The maximum atomic E-state index is 12.0. The number of aryl methyl sites for hydroxylation is 3. The van der Waals surface area contributed by atoms with Crippen LogP contribution in [0.2, 0.25) is 0 Å². The first kappa shape index (κ1) is 21.2. The molecule has 1 aliphatic carbocycles. The van der Waals surface area contributed by atoms with Crippen molar-refractivity contribution in [2.45, 2.75) is 39.2 Å². The van der Waals surface area contributed by atoms with Gasteiger partial charge in [-0.2, -0.15) is 15.3 Å². The molecule has 2 aromatic heterocycles. The summed E-state index contributed by atoms with van der Waals surface area (Å²) >= 11 is 0. The molecule has 2 unspecified atom stereocenters. The van der Waals surface area contributed by atoms with E-state index in [1.807, 2.05) is 48.0 Å². The zero-order chi connectivity index (χ0) is 23.1. The van der Waals surface area contributed by atoms with E-state index in [-0.39, 0.29) is 12.3 Å². The smallest absolute Gasteiger partial charge is 0.236 e. The number of benzene rings is 1. The number of anilines is 3. The summed E-state index contributed by atoms with van der Waals surface area (Å²) in [6.45, 7) is 5.58. The molecule has 0 bridgehead atoms. The lowest BCUT2D eigenvalue weighted by Crippen LogP contribution is -2.30. The molecule has 0 spiro atoms. The Morgan fingerprint density at radius 2 is 2.00 bits per heavy atom. The van der Waals surface area contributed by atoms with Gasteiger partial charge in [0.15, 0.2) is 0 Å². The van der Waals surface area contributed by atoms with Crippen molar-refractivity contribution < 1.29 is 4.79 Å². The first-order valence-corrected chi connectivity index (χ1v) is 11.4. The number of amides is 1. The molecule has 2 N–H and O–H groups in total. The number of carbonyl (C=O) groups is 1. The molecule has 1 aliphatic heterocycles. The molecule has 2 atom stereocenters. The molecule has 1 saturated heterocycles. The number of carbonyl (C=O) groups excluding carboxylic acids is 1. The molecule has 5 rings (SSSR count). The minimum atomic E-state index is -0.0437. The third-order valence-electron chi connectivity index (χ3n) is 7.03. The van der Waals surface area contributed by atoms with Gasteiger partial charge in [0.1, 0.15) is 12.2 Å². The fraction of sp³-hybridized carbons (Fsp3) is 0.458. The van der Waals surface area contributed by atoms with Crippen molar-refractivity contribution in [3.8, 4) is 6.07 Å². The molecule has 1 amide bonds.